The van der Waals surface area contributed by atoms with Crippen molar-refractivity contribution in [2.45, 2.75) is 45.4 Å². The molecule has 0 aromatic heterocycles. The second-order valence-corrected chi connectivity index (χ2v) is 5.99. The summed E-state index contributed by atoms with van der Waals surface area (Å²) in [6.07, 6.45) is 3.01. The molecule has 0 radical (unpaired) electrons. The van der Waals surface area contributed by atoms with Crippen molar-refractivity contribution in [2.75, 3.05) is 6.54 Å². The highest BCUT2D eigenvalue weighted by Crippen LogP contribution is 2.33. The zero-order valence-corrected chi connectivity index (χ0v) is 12.1. The molecule has 0 spiro atoms. The predicted octanol–water partition coefficient (Wildman–Crippen LogP) is 3.79. The Kier molecular flexibility index (Phi) is 5.19. The Morgan fingerprint density at radius 3 is 2.44 bits per heavy atom. The molecule has 0 aliphatic heterocycles. The Bertz CT molecular complexity index is 453. The first-order valence-electron chi connectivity index (χ1n) is 6.33. The van der Waals surface area contributed by atoms with Gasteiger partial charge in [-0.05, 0) is 48.4 Å². The number of nitrogens with two attached hydrogens (primary N) is 1. The molecular formula is C15H21ClN2. The molecule has 2 nitrogen and oxygen atoms in total. The van der Waals surface area contributed by atoms with Crippen molar-refractivity contribution in [1.82, 2.24) is 0 Å². The van der Waals surface area contributed by atoms with E-state index in [0.29, 0.717) is 17.1 Å². The molecule has 0 amide bonds. The summed E-state index contributed by atoms with van der Waals surface area (Å²) in [5, 5.41) is 9.74. The number of hydrogen-bond acceptors (Lipinski definition) is 2. The predicted molar refractivity (Wildman–Crippen MR) is 76.9 cm³/mol. The normalized spacial score (nSPS) is 11.3. The van der Waals surface area contributed by atoms with Crippen LogP contribution in [0.4, 0.5) is 0 Å². The SMILES string of the molecule is CC(C)(C)c1cc(CCCCN)cc(C#N)c1Cl. The van der Waals surface area contributed by atoms with Gasteiger partial charge in [-0.15, -0.1) is 0 Å². The molecule has 0 saturated carbocycles. The van der Waals surface area contributed by atoms with Crippen molar-refractivity contribution < 1.29 is 0 Å². The van der Waals surface area contributed by atoms with E-state index in [2.05, 4.69) is 32.9 Å². The van der Waals surface area contributed by atoms with E-state index in [1.54, 1.807) is 0 Å². The van der Waals surface area contributed by atoms with Crippen LogP contribution in [0.25, 0.3) is 0 Å². The number of halogens is 1. The summed E-state index contributed by atoms with van der Waals surface area (Å²) in [7, 11) is 0. The maximum atomic E-state index is 9.15. The van der Waals surface area contributed by atoms with Gasteiger partial charge in [0.2, 0.25) is 0 Å². The van der Waals surface area contributed by atoms with Gasteiger partial charge in [-0.1, -0.05) is 38.4 Å². The van der Waals surface area contributed by atoms with Crippen LogP contribution in [-0.2, 0) is 11.8 Å². The lowest BCUT2D eigenvalue weighted by molar-refractivity contribution is 0.588. The summed E-state index contributed by atoms with van der Waals surface area (Å²) in [5.41, 5.74) is 8.25. The average Bonchev–Trinajstić information content (AvgIpc) is 2.29. The highest BCUT2D eigenvalue weighted by Gasteiger charge is 2.20. The summed E-state index contributed by atoms with van der Waals surface area (Å²) < 4.78 is 0. The second-order valence-electron chi connectivity index (χ2n) is 5.61. The molecule has 0 unspecified atom stereocenters. The maximum Gasteiger partial charge on any atom is 0.101 e. The lowest BCUT2D eigenvalue weighted by atomic mass is 9.84. The number of nitriles is 1. The zero-order valence-electron chi connectivity index (χ0n) is 11.4. The van der Waals surface area contributed by atoms with E-state index in [9.17, 15) is 0 Å². The number of nitrogens with zero attached hydrogens (tertiary/aromatic N) is 1. The van der Waals surface area contributed by atoms with E-state index in [-0.39, 0.29) is 5.41 Å². The molecule has 0 fully saturated rings. The first-order valence-corrected chi connectivity index (χ1v) is 6.71. The van der Waals surface area contributed by atoms with E-state index < -0.39 is 0 Å². The molecule has 0 heterocycles. The fourth-order valence-electron chi connectivity index (χ4n) is 1.93. The fraction of sp³-hybridized carbons (Fsp3) is 0.533. The van der Waals surface area contributed by atoms with Crippen LogP contribution in [0.2, 0.25) is 5.02 Å². The minimum absolute atomic E-state index is 0.0490. The molecule has 0 atom stereocenters. The van der Waals surface area contributed by atoms with Gasteiger partial charge in [0.25, 0.3) is 0 Å². The Hall–Kier alpha value is -1.04. The molecule has 1 rings (SSSR count). The molecule has 98 valence electrons. The Labute approximate surface area is 115 Å². The smallest absolute Gasteiger partial charge is 0.101 e. The van der Waals surface area contributed by atoms with Gasteiger partial charge in [-0.2, -0.15) is 5.26 Å². The summed E-state index contributed by atoms with van der Waals surface area (Å²) in [5.74, 6) is 0. The molecular weight excluding hydrogens is 244 g/mol. The number of aryl methyl sites for hydroxylation is 1. The van der Waals surface area contributed by atoms with Crippen LogP contribution in [0.5, 0.6) is 0 Å². The number of benzene rings is 1. The van der Waals surface area contributed by atoms with Gasteiger partial charge in [0.15, 0.2) is 0 Å². The number of hydrogen-bond donors (Lipinski definition) is 1. The Morgan fingerprint density at radius 1 is 1.28 bits per heavy atom. The van der Waals surface area contributed by atoms with Gasteiger partial charge in [0.05, 0.1) is 10.6 Å². The van der Waals surface area contributed by atoms with E-state index in [1.165, 1.54) is 5.56 Å². The first kappa shape index (κ1) is 15.0. The highest BCUT2D eigenvalue weighted by atomic mass is 35.5. The van der Waals surface area contributed by atoms with E-state index in [4.69, 9.17) is 22.6 Å². The van der Waals surface area contributed by atoms with Gasteiger partial charge in [-0.25, -0.2) is 0 Å². The van der Waals surface area contributed by atoms with Crippen LogP contribution in [0, 0.1) is 11.3 Å². The van der Waals surface area contributed by atoms with E-state index in [1.807, 2.05) is 6.07 Å². The Morgan fingerprint density at radius 2 is 1.94 bits per heavy atom. The third-order valence-corrected chi connectivity index (χ3v) is 3.39. The number of rotatable bonds is 4. The minimum atomic E-state index is -0.0490. The van der Waals surface area contributed by atoms with Crippen molar-refractivity contribution in [3.05, 3.63) is 33.8 Å². The van der Waals surface area contributed by atoms with Crippen LogP contribution < -0.4 is 5.73 Å². The summed E-state index contributed by atoms with van der Waals surface area (Å²) >= 11 is 6.28. The van der Waals surface area contributed by atoms with Crippen LogP contribution in [0.3, 0.4) is 0 Å². The Balaban J connectivity index is 3.12. The van der Waals surface area contributed by atoms with Gasteiger partial charge in [-0.3, -0.25) is 0 Å². The van der Waals surface area contributed by atoms with Crippen molar-refractivity contribution in [1.29, 1.82) is 5.26 Å². The quantitative estimate of drug-likeness (QED) is 0.841. The molecule has 0 saturated heterocycles. The van der Waals surface area contributed by atoms with Crippen LogP contribution in [0.1, 0.15) is 50.3 Å². The topological polar surface area (TPSA) is 49.8 Å². The third-order valence-electron chi connectivity index (χ3n) is 2.98. The summed E-state index contributed by atoms with van der Waals surface area (Å²) in [6.45, 7) is 7.04. The summed E-state index contributed by atoms with van der Waals surface area (Å²) in [6, 6.07) is 6.20. The molecule has 18 heavy (non-hydrogen) atoms. The third kappa shape index (κ3) is 3.73. The van der Waals surface area contributed by atoms with Gasteiger partial charge < -0.3 is 5.73 Å². The number of unbranched alkanes of at least 4 members (excludes halogenated alkanes) is 1. The van der Waals surface area contributed by atoms with Gasteiger partial charge in [0.1, 0.15) is 6.07 Å². The molecule has 0 aliphatic carbocycles. The van der Waals surface area contributed by atoms with Crippen molar-refractivity contribution >= 4 is 11.6 Å². The van der Waals surface area contributed by atoms with Crippen molar-refractivity contribution in [2.24, 2.45) is 5.73 Å². The van der Waals surface area contributed by atoms with Crippen LogP contribution in [0.15, 0.2) is 12.1 Å². The van der Waals surface area contributed by atoms with Crippen molar-refractivity contribution in [3.8, 4) is 6.07 Å². The lowest BCUT2D eigenvalue weighted by Gasteiger charge is -2.22. The molecule has 0 bridgehead atoms. The largest absolute Gasteiger partial charge is 0.330 e. The fourth-order valence-corrected chi connectivity index (χ4v) is 2.36. The van der Waals surface area contributed by atoms with Gasteiger partial charge in [0, 0.05) is 0 Å². The first-order chi connectivity index (χ1) is 8.40. The van der Waals surface area contributed by atoms with Gasteiger partial charge >= 0.3 is 0 Å². The second kappa shape index (κ2) is 6.22. The molecule has 0 aliphatic rings. The highest BCUT2D eigenvalue weighted by molar-refractivity contribution is 6.32. The molecule has 2 N–H and O–H groups in total. The monoisotopic (exact) mass is 264 g/mol. The van der Waals surface area contributed by atoms with Crippen LogP contribution >= 0.6 is 11.6 Å². The summed E-state index contributed by atoms with van der Waals surface area (Å²) in [4.78, 5) is 0. The lowest BCUT2D eigenvalue weighted by Crippen LogP contribution is -2.13. The van der Waals surface area contributed by atoms with E-state index in [0.717, 1.165) is 24.8 Å². The average molecular weight is 265 g/mol. The molecule has 3 heteroatoms. The zero-order chi connectivity index (χ0) is 13.8. The maximum absolute atomic E-state index is 9.15. The standard InChI is InChI=1S/C15H21ClN2/c1-15(2,3)13-9-11(6-4-5-7-17)8-12(10-18)14(13)16/h8-9H,4-7,17H2,1-3H3. The van der Waals surface area contributed by atoms with Crippen LogP contribution in [-0.4, -0.2) is 6.54 Å². The van der Waals surface area contributed by atoms with E-state index >= 15 is 0 Å². The molecule has 1 aromatic rings. The minimum Gasteiger partial charge on any atom is -0.330 e. The molecule has 1 aromatic carbocycles. The van der Waals surface area contributed by atoms with Crippen molar-refractivity contribution in [3.63, 3.8) is 0 Å².